The summed E-state index contributed by atoms with van der Waals surface area (Å²) in [4.78, 5) is 15.9. The highest BCUT2D eigenvalue weighted by atomic mass is 35.5. The zero-order valence-electron chi connectivity index (χ0n) is 10.9. The molecular weight excluding hydrogens is 274 g/mol. The fraction of sp³-hybridized carbons (Fsp3) is 0.0667. The van der Waals surface area contributed by atoms with E-state index in [9.17, 15) is 4.79 Å². The molecule has 0 fully saturated rings. The van der Waals surface area contributed by atoms with Crippen LogP contribution < -0.4 is 11.1 Å². The van der Waals surface area contributed by atoms with E-state index in [0.29, 0.717) is 22.2 Å². The summed E-state index contributed by atoms with van der Waals surface area (Å²) >= 11 is 5.76. The average molecular weight is 288 g/mol. The van der Waals surface area contributed by atoms with Gasteiger partial charge in [-0.05, 0) is 42.8 Å². The lowest BCUT2D eigenvalue weighted by molar-refractivity contribution is -0.111. The van der Waals surface area contributed by atoms with Crippen molar-refractivity contribution in [2.45, 2.75) is 6.92 Å². The smallest absolute Gasteiger partial charge is 0.248 e. The molecule has 1 amide bonds. The molecule has 0 radical (unpaired) electrons. The Bertz CT molecular complexity index is 651. The molecule has 0 saturated carbocycles. The maximum Gasteiger partial charge on any atom is 0.248 e. The average Bonchev–Trinajstić information content (AvgIpc) is 2.41. The first-order valence-electron chi connectivity index (χ1n) is 6.02. The van der Waals surface area contributed by atoms with Crippen LogP contribution in [-0.4, -0.2) is 10.9 Å². The van der Waals surface area contributed by atoms with Crippen molar-refractivity contribution in [2.75, 3.05) is 11.1 Å². The zero-order chi connectivity index (χ0) is 14.5. The van der Waals surface area contributed by atoms with Gasteiger partial charge in [0.2, 0.25) is 5.91 Å². The molecule has 0 saturated heterocycles. The fourth-order valence-corrected chi connectivity index (χ4v) is 1.81. The minimum atomic E-state index is -0.228. The molecule has 1 heterocycles. The molecule has 0 atom stereocenters. The highest BCUT2D eigenvalue weighted by Gasteiger charge is 2.03. The number of amides is 1. The second-order valence-electron chi connectivity index (χ2n) is 4.26. The van der Waals surface area contributed by atoms with Gasteiger partial charge in [0.05, 0.1) is 11.4 Å². The Kier molecular flexibility index (Phi) is 4.38. The van der Waals surface area contributed by atoms with Gasteiger partial charge in [0.15, 0.2) is 0 Å². The van der Waals surface area contributed by atoms with E-state index in [2.05, 4.69) is 10.3 Å². The zero-order valence-corrected chi connectivity index (χ0v) is 11.7. The van der Waals surface area contributed by atoms with Crippen molar-refractivity contribution in [1.29, 1.82) is 0 Å². The molecule has 0 aliphatic carbocycles. The number of nitrogens with one attached hydrogen (secondary N) is 1. The number of benzene rings is 1. The minimum Gasteiger partial charge on any atom is -0.399 e. The number of rotatable bonds is 3. The molecule has 102 valence electrons. The molecular formula is C15H14ClN3O. The van der Waals surface area contributed by atoms with Gasteiger partial charge in [-0.1, -0.05) is 23.7 Å². The maximum absolute atomic E-state index is 11.8. The molecule has 0 aliphatic heterocycles. The SMILES string of the molecule is Cc1nc(Cl)ccc1NC(=O)/C=C/c1ccc(N)cc1. The molecule has 2 aromatic rings. The first-order chi connectivity index (χ1) is 9.54. The number of nitrogen functional groups attached to an aromatic ring is 1. The second kappa shape index (κ2) is 6.21. The third-order valence-electron chi connectivity index (χ3n) is 2.67. The molecule has 4 nitrogen and oxygen atoms in total. The van der Waals surface area contributed by atoms with Crippen LogP contribution in [0.3, 0.4) is 0 Å². The first-order valence-corrected chi connectivity index (χ1v) is 6.40. The predicted octanol–water partition coefficient (Wildman–Crippen LogP) is 3.28. The van der Waals surface area contributed by atoms with Gasteiger partial charge in [0, 0.05) is 11.8 Å². The van der Waals surface area contributed by atoms with E-state index in [1.807, 2.05) is 12.1 Å². The molecule has 20 heavy (non-hydrogen) atoms. The number of nitrogens with zero attached hydrogens (tertiary/aromatic N) is 1. The standard InChI is InChI=1S/C15H14ClN3O/c1-10-13(7-8-14(16)18-10)19-15(20)9-4-11-2-5-12(17)6-3-11/h2-9H,17H2,1H3,(H,19,20)/b9-4+. The van der Waals surface area contributed by atoms with Crippen LogP contribution in [0.2, 0.25) is 5.15 Å². The van der Waals surface area contributed by atoms with Crippen LogP contribution in [0.15, 0.2) is 42.5 Å². The van der Waals surface area contributed by atoms with Crippen molar-refractivity contribution in [3.8, 4) is 0 Å². The Morgan fingerprint density at radius 2 is 1.95 bits per heavy atom. The summed E-state index contributed by atoms with van der Waals surface area (Å²) in [6, 6.07) is 10.6. The molecule has 0 bridgehead atoms. The number of hydrogen-bond donors (Lipinski definition) is 2. The Morgan fingerprint density at radius 1 is 1.25 bits per heavy atom. The molecule has 5 heteroatoms. The molecule has 1 aromatic heterocycles. The van der Waals surface area contributed by atoms with Gasteiger partial charge in [-0.2, -0.15) is 0 Å². The Labute approximate surface area is 122 Å². The summed E-state index contributed by atoms with van der Waals surface area (Å²) in [6.45, 7) is 1.78. The summed E-state index contributed by atoms with van der Waals surface area (Å²) in [5.41, 5.74) is 8.50. The fourth-order valence-electron chi connectivity index (χ4n) is 1.62. The van der Waals surface area contributed by atoms with Crippen molar-refractivity contribution < 1.29 is 4.79 Å². The summed E-state index contributed by atoms with van der Waals surface area (Å²) in [7, 11) is 0. The van der Waals surface area contributed by atoms with E-state index < -0.39 is 0 Å². The number of nitrogens with two attached hydrogens (primary N) is 1. The topological polar surface area (TPSA) is 68.0 Å². The number of anilines is 2. The van der Waals surface area contributed by atoms with Gasteiger partial charge in [-0.25, -0.2) is 4.98 Å². The van der Waals surface area contributed by atoms with Gasteiger partial charge in [0.25, 0.3) is 0 Å². The van der Waals surface area contributed by atoms with Crippen LogP contribution in [0.1, 0.15) is 11.3 Å². The van der Waals surface area contributed by atoms with Crippen LogP contribution in [0, 0.1) is 6.92 Å². The number of carbonyl (C=O) groups is 1. The number of aromatic nitrogens is 1. The van der Waals surface area contributed by atoms with Gasteiger partial charge in [-0.3, -0.25) is 4.79 Å². The summed E-state index contributed by atoms with van der Waals surface area (Å²) in [5.74, 6) is -0.228. The van der Waals surface area contributed by atoms with E-state index in [1.165, 1.54) is 6.08 Å². The summed E-state index contributed by atoms with van der Waals surface area (Å²) < 4.78 is 0. The molecule has 2 rings (SSSR count). The number of pyridine rings is 1. The molecule has 3 N–H and O–H groups in total. The summed E-state index contributed by atoms with van der Waals surface area (Å²) in [5, 5.41) is 3.15. The lowest BCUT2D eigenvalue weighted by atomic mass is 10.2. The highest BCUT2D eigenvalue weighted by molar-refractivity contribution is 6.29. The van der Waals surface area contributed by atoms with Gasteiger partial charge in [0.1, 0.15) is 5.15 Å². The minimum absolute atomic E-state index is 0.228. The van der Waals surface area contributed by atoms with E-state index in [-0.39, 0.29) is 5.91 Å². The lowest BCUT2D eigenvalue weighted by Gasteiger charge is -2.05. The Balaban J connectivity index is 2.03. The van der Waals surface area contributed by atoms with Crippen molar-refractivity contribution in [3.05, 3.63) is 58.9 Å². The Hall–Kier alpha value is -2.33. The second-order valence-corrected chi connectivity index (χ2v) is 4.64. The van der Waals surface area contributed by atoms with Gasteiger partial charge >= 0.3 is 0 Å². The van der Waals surface area contributed by atoms with Crippen molar-refractivity contribution in [3.63, 3.8) is 0 Å². The lowest BCUT2D eigenvalue weighted by Crippen LogP contribution is -2.09. The molecule has 0 aliphatic rings. The highest BCUT2D eigenvalue weighted by Crippen LogP contribution is 2.15. The van der Waals surface area contributed by atoms with Crippen LogP contribution in [0.4, 0.5) is 11.4 Å². The third-order valence-corrected chi connectivity index (χ3v) is 2.88. The number of carbonyl (C=O) groups excluding carboxylic acids is 1. The quantitative estimate of drug-likeness (QED) is 0.517. The van der Waals surface area contributed by atoms with Crippen LogP contribution in [0.5, 0.6) is 0 Å². The molecule has 0 unspecified atom stereocenters. The third kappa shape index (κ3) is 3.83. The number of halogens is 1. The van der Waals surface area contributed by atoms with E-state index in [1.54, 1.807) is 37.3 Å². The van der Waals surface area contributed by atoms with Crippen molar-refractivity contribution in [2.24, 2.45) is 0 Å². The van der Waals surface area contributed by atoms with Crippen molar-refractivity contribution >= 4 is 35.0 Å². The Morgan fingerprint density at radius 3 is 2.60 bits per heavy atom. The largest absolute Gasteiger partial charge is 0.399 e. The van der Waals surface area contributed by atoms with Gasteiger partial charge < -0.3 is 11.1 Å². The van der Waals surface area contributed by atoms with Crippen LogP contribution in [0.25, 0.3) is 6.08 Å². The molecule has 1 aromatic carbocycles. The van der Waals surface area contributed by atoms with Crippen LogP contribution >= 0.6 is 11.6 Å². The van der Waals surface area contributed by atoms with E-state index >= 15 is 0 Å². The van der Waals surface area contributed by atoms with Gasteiger partial charge in [-0.15, -0.1) is 0 Å². The molecule has 0 spiro atoms. The monoisotopic (exact) mass is 287 g/mol. The normalized spacial score (nSPS) is 10.7. The van der Waals surface area contributed by atoms with E-state index in [4.69, 9.17) is 17.3 Å². The number of aryl methyl sites for hydroxylation is 1. The summed E-state index contributed by atoms with van der Waals surface area (Å²) in [6.07, 6.45) is 3.17. The van der Waals surface area contributed by atoms with Crippen molar-refractivity contribution in [1.82, 2.24) is 4.98 Å². The number of hydrogen-bond acceptors (Lipinski definition) is 3. The maximum atomic E-state index is 11.8. The first kappa shape index (κ1) is 14.1. The van der Waals surface area contributed by atoms with E-state index in [0.717, 1.165) is 5.56 Å². The van der Waals surface area contributed by atoms with Crippen LogP contribution in [-0.2, 0) is 4.79 Å². The predicted molar refractivity (Wildman–Crippen MR) is 82.5 cm³/mol.